The number of methoxy groups -OCH3 is 1. The lowest BCUT2D eigenvalue weighted by Crippen LogP contribution is -2.50. The van der Waals surface area contributed by atoms with Gasteiger partial charge in [0.1, 0.15) is 21.3 Å². The Morgan fingerprint density at radius 1 is 1.35 bits per heavy atom. The molecule has 0 spiro atoms. The fourth-order valence-corrected chi connectivity index (χ4v) is 7.04. The summed E-state index contributed by atoms with van der Waals surface area (Å²) in [4.78, 5) is 5.27. The van der Waals surface area contributed by atoms with Gasteiger partial charge in [0.05, 0.1) is 29.3 Å². The molecule has 8 nitrogen and oxygen atoms in total. The van der Waals surface area contributed by atoms with Crippen molar-refractivity contribution in [3.63, 3.8) is 0 Å². The summed E-state index contributed by atoms with van der Waals surface area (Å²) in [6.07, 6.45) is 0.961. The normalized spacial score (nSPS) is 22.0. The fraction of sp³-hybridized carbons (Fsp3) is 0.524. The maximum atomic E-state index is 13.3. The van der Waals surface area contributed by atoms with Crippen molar-refractivity contribution >= 4 is 26.1 Å². The van der Waals surface area contributed by atoms with E-state index in [0.29, 0.717) is 33.3 Å². The highest BCUT2D eigenvalue weighted by atomic mass is 32.2. The number of aliphatic hydroxyl groups is 2. The minimum Gasteiger partial charge on any atom is -0.495 e. The van der Waals surface area contributed by atoms with E-state index >= 15 is 0 Å². The number of hydrogen-bond donors (Lipinski definition) is 2. The minimum absolute atomic E-state index is 0.0999. The van der Waals surface area contributed by atoms with Gasteiger partial charge in [-0.25, -0.2) is 17.9 Å². The summed E-state index contributed by atoms with van der Waals surface area (Å²) in [6.45, 7) is 7.01. The van der Waals surface area contributed by atoms with Crippen molar-refractivity contribution in [1.29, 1.82) is 0 Å². The summed E-state index contributed by atoms with van der Waals surface area (Å²) in [7, 11) is -2.26. The van der Waals surface area contributed by atoms with Crippen molar-refractivity contribution in [1.82, 2.24) is 14.6 Å². The van der Waals surface area contributed by atoms with Crippen LogP contribution >= 0.6 is 11.3 Å². The van der Waals surface area contributed by atoms with E-state index in [1.807, 2.05) is 13.8 Å². The SMILES string of the molecule is CCC1(O)CC(S(=O)(=O)c2cc(-c3c(C)nc4sc(C(C)(C)O)nn34)ccc2OC)C1. The largest absolute Gasteiger partial charge is 0.495 e. The van der Waals surface area contributed by atoms with Gasteiger partial charge in [0.25, 0.3) is 0 Å². The molecule has 4 rings (SSSR count). The lowest BCUT2D eigenvalue weighted by molar-refractivity contribution is -0.0329. The molecule has 0 amide bonds. The van der Waals surface area contributed by atoms with Crippen molar-refractivity contribution in [2.24, 2.45) is 0 Å². The van der Waals surface area contributed by atoms with Gasteiger partial charge in [0.2, 0.25) is 4.96 Å². The van der Waals surface area contributed by atoms with Crippen LogP contribution in [0.4, 0.5) is 0 Å². The number of nitrogens with zero attached hydrogens (tertiary/aromatic N) is 3. The molecule has 1 fully saturated rings. The number of hydrogen-bond acceptors (Lipinski definition) is 8. The molecule has 0 radical (unpaired) electrons. The third kappa shape index (κ3) is 3.65. The Balaban J connectivity index is 1.82. The molecule has 0 bridgehead atoms. The average Bonchev–Trinajstić information content (AvgIpc) is 3.21. The maximum Gasteiger partial charge on any atom is 0.213 e. The Hall–Kier alpha value is -2.01. The van der Waals surface area contributed by atoms with Gasteiger partial charge in [-0.15, -0.1) is 0 Å². The molecule has 2 N–H and O–H groups in total. The van der Waals surface area contributed by atoms with Crippen LogP contribution in [0.15, 0.2) is 23.1 Å². The van der Waals surface area contributed by atoms with Crippen LogP contribution in [0.5, 0.6) is 5.75 Å². The molecule has 3 aromatic rings. The topological polar surface area (TPSA) is 114 Å². The minimum atomic E-state index is -3.70. The molecule has 1 saturated carbocycles. The van der Waals surface area contributed by atoms with Gasteiger partial charge in [-0.3, -0.25) is 0 Å². The van der Waals surface area contributed by atoms with Crippen molar-refractivity contribution in [3.8, 4) is 17.0 Å². The highest BCUT2D eigenvalue weighted by molar-refractivity contribution is 7.92. The molecule has 0 unspecified atom stereocenters. The third-order valence-electron chi connectivity index (χ3n) is 5.96. The number of ether oxygens (including phenoxy) is 1. The van der Waals surface area contributed by atoms with Crippen LogP contribution < -0.4 is 4.74 Å². The number of benzene rings is 1. The molecular formula is C21H27N3O5S2. The van der Waals surface area contributed by atoms with Gasteiger partial charge in [-0.2, -0.15) is 5.10 Å². The van der Waals surface area contributed by atoms with Gasteiger partial charge < -0.3 is 14.9 Å². The van der Waals surface area contributed by atoms with E-state index in [1.165, 1.54) is 18.4 Å². The zero-order valence-corrected chi connectivity index (χ0v) is 19.8. The lowest BCUT2D eigenvalue weighted by atomic mass is 9.78. The molecule has 2 aromatic heterocycles. The summed E-state index contributed by atoms with van der Waals surface area (Å²) in [5, 5.41) is 25.0. The third-order valence-corrected chi connectivity index (χ3v) is 9.32. The highest BCUT2D eigenvalue weighted by Gasteiger charge is 2.48. The summed E-state index contributed by atoms with van der Waals surface area (Å²) in [6, 6.07) is 5.01. The molecule has 10 heteroatoms. The Morgan fingerprint density at radius 3 is 2.61 bits per heavy atom. The molecule has 1 aromatic carbocycles. The first-order valence-electron chi connectivity index (χ1n) is 10.1. The van der Waals surface area contributed by atoms with E-state index in [-0.39, 0.29) is 23.5 Å². The zero-order valence-electron chi connectivity index (χ0n) is 18.2. The predicted molar refractivity (Wildman–Crippen MR) is 118 cm³/mol. The van der Waals surface area contributed by atoms with Gasteiger partial charge in [-0.1, -0.05) is 18.3 Å². The fourth-order valence-electron chi connectivity index (χ4n) is 3.95. The van der Waals surface area contributed by atoms with Crippen LogP contribution in [0.25, 0.3) is 16.2 Å². The van der Waals surface area contributed by atoms with Gasteiger partial charge in [0.15, 0.2) is 9.84 Å². The second-order valence-electron chi connectivity index (χ2n) is 8.73. The first-order valence-corrected chi connectivity index (χ1v) is 12.5. The van der Waals surface area contributed by atoms with Gasteiger partial charge in [-0.05, 0) is 58.2 Å². The van der Waals surface area contributed by atoms with E-state index in [0.717, 1.165) is 0 Å². The van der Waals surface area contributed by atoms with E-state index in [1.54, 1.807) is 36.6 Å². The Morgan fingerprint density at radius 2 is 2.03 bits per heavy atom. The molecular weight excluding hydrogens is 438 g/mol. The van der Waals surface area contributed by atoms with E-state index in [4.69, 9.17) is 4.74 Å². The van der Waals surface area contributed by atoms with Gasteiger partial charge >= 0.3 is 0 Å². The Kier molecular flexibility index (Phi) is 5.20. The van der Waals surface area contributed by atoms with Crippen LogP contribution in [0, 0.1) is 6.92 Å². The van der Waals surface area contributed by atoms with E-state index < -0.39 is 26.3 Å². The van der Waals surface area contributed by atoms with Crippen LogP contribution in [0.2, 0.25) is 0 Å². The Bertz CT molecular complexity index is 1250. The summed E-state index contributed by atoms with van der Waals surface area (Å²) in [5.41, 5.74) is -0.00372. The molecule has 31 heavy (non-hydrogen) atoms. The van der Waals surface area contributed by atoms with Gasteiger partial charge in [0, 0.05) is 5.56 Å². The van der Waals surface area contributed by atoms with Crippen molar-refractivity contribution in [2.45, 2.75) is 68.3 Å². The average molecular weight is 466 g/mol. The summed E-state index contributed by atoms with van der Waals surface area (Å²) >= 11 is 1.29. The van der Waals surface area contributed by atoms with Crippen LogP contribution in [0.3, 0.4) is 0 Å². The monoisotopic (exact) mass is 465 g/mol. The predicted octanol–water partition coefficient (Wildman–Crippen LogP) is 3.08. The first kappa shape index (κ1) is 22.2. The molecule has 0 saturated heterocycles. The highest BCUT2D eigenvalue weighted by Crippen LogP contribution is 2.44. The number of aromatic nitrogens is 3. The van der Waals surface area contributed by atoms with E-state index in [2.05, 4.69) is 10.1 Å². The number of sulfone groups is 1. The van der Waals surface area contributed by atoms with E-state index in [9.17, 15) is 18.6 Å². The zero-order chi connectivity index (χ0) is 22.8. The van der Waals surface area contributed by atoms with Crippen LogP contribution in [0.1, 0.15) is 50.7 Å². The molecule has 1 aliphatic carbocycles. The van der Waals surface area contributed by atoms with Crippen molar-refractivity contribution in [3.05, 3.63) is 28.9 Å². The quantitative estimate of drug-likeness (QED) is 0.575. The lowest BCUT2D eigenvalue weighted by Gasteiger charge is -2.42. The Labute approximate surface area is 185 Å². The van der Waals surface area contributed by atoms with Crippen molar-refractivity contribution < 1.29 is 23.4 Å². The first-order chi connectivity index (χ1) is 14.4. The number of fused-ring (bicyclic) bond motifs is 1. The molecule has 1 aliphatic rings. The number of aryl methyl sites for hydroxylation is 1. The second kappa shape index (κ2) is 7.26. The second-order valence-corrected chi connectivity index (χ2v) is 11.9. The van der Waals surface area contributed by atoms with Crippen LogP contribution in [-0.4, -0.2) is 51.2 Å². The van der Waals surface area contributed by atoms with Crippen LogP contribution in [-0.2, 0) is 15.4 Å². The smallest absolute Gasteiger partial charge is 0.213 e. The molecule has 2 heterocycles. The molecule has 168 valence electrons. The maximum absolute atomic E-state index is 13.3. The number of rotatable bonds is 6. The molecule has 0 aliphatic heterocycles. The molecule has 0 atom stereocenters. The standard InChI is InChI=1S/C21H27N3O5S2/c1-6-21(26)10-14(11-21)31(27,28)16-9-13(7-8-15(16)29-5)17-12(2)22-19-24(17)23-18(30-19)20(3,4)25/h7-9,14,25-26H,6,10-11H2,1-5H3. The summed E-state index contributed by atoms with van der Waals surface area (Å²) in [5.74, 6) is 0.268. The van der Waals surface area contributed by atoms with Crippen molar-refractivity contribution in [2.75, 3.05) is 7.11 Å². The summed E-state index contributed by atoms with van der Waals surface area (Å²) < 4.78 is 33.7. The number of imidazole rings is 1.